The fraction of sp³-hybridized carbons (Fsp3) is 0.214. The van der Waals surface area contributed by atoms with Gasteiger partial charge < -0.3 is 9.84 Å². The van der Waals surface area contributed by atoms with Gasteiger partial charge in [0.15, 0.2) is 0 Å². The van der Waals surface area contributed by atoms with Crippen LogP contribution in [0.15, 0.2) is 42.6 Å². The lowest BCUT2D eigenvalue weighted by atomic mass is 10.1. The van der Waals surface area contributed by atoms with E-state index in [9.17, 15) is 5.11 Å². The largest absolute Gasteiger partial charge is 0.506 e. The molecule has 0 amide bonds. The second-order valence-corrected chi connectivity index (χ2v) is 4.03. The molecular formula is C14H15NO2. The van der Waals surface area contributed by atoms with Gasteiger partial charge in [0.1, 0.15) is 17.2 Å². The van der Waals surface area contributed by atoms with Gasteiger partial charge in [0.25, 0.3) is 0 Å². The van der Waals surface area contributed by atoms with Crippen molar-refractivity contribution in [1.29, 1.82) is 0 Å². The predicted octanol–water partition coefficient (Wildman–Crippen LogP) is 3.24. The minimum atomic E-state index is 0.0852. The zero-order chi connectivity index (χ0) is 12.3. The van der Waals surface area contributed by atoms with Gasteiger partial charge in [-0.1, -0.05) is 12.1 Å². The number of aromatic hydroxyl groups is 1. The molecule has 0 bridgehead atoms. The number of rotatable bonds is 3. The number of pyridine rings is 1. The molecule has 0 unspecified atom stereocenters. The first kappa shape index (κ1) is 11.5. The van der Waals surface area contributed by atoms with Gasteiger partial charge in [-0.25, -0.2) is 0 Å². The number of benzene rings is 1. The third kappa shape index (κ3) is 2.56. The van der Waals surface area contributed by atoms with Gasteiger partial charge in [-0.3, -0.25) is 4.98 Å². The van der Waals surface area contributed by atoms with E-state index in [1.807, 2.05) is 38.1 Å². The van der Waals surface area contributed by atoms with Crippen molar-refractivity contribution in [3.05, 3.63) is 42.6 Å². The van der Waals surface area contributed by atoms with Crippen molar-refractivity contribution >= 4 is 0 Å². The molecule has 3 heteroatoms. The van der Waals surface area contributed by atoms with E-state index in [0.717, 1.165) is 11.3 Å². The quantitative estimate of drug-likeness (QED) is 0.878. The van der Waals surface area contributed by atoms with E-state index < -0.39 is 0 Å². The second kappa shape index (κ2) is 4.87. The van der Waals surface area contributed by atoms with E-state index in [-0.39, 0.29) is 11.9 Å². The number of hydrogen-bond donors (Lipinski definition) is 1. The molecule has 0 fully saturated rings. The fourth-order valence-electron chi connectivity index (χ4n) is 1.62. The summed E-state index contributed by atoms with van der Waals surface area (Å²) in [5.74, 6) is 0.892. The van der Waals surface area contributed by atoms with Crippen LogP contribution in [0.25, 0.3) is 11.3 Å². The number of hydrogen-bond acceptors (Lipinski definition) is 3. The fourth-order valence-corrected chi connectivity index (χ4v) is 1.62. The summed E-state index contributed by atoms with van der Waals surface area (Å²) in [7, 11) is 0. The molecule has 0 aliphatic heterocycles. The molecule has 3 nitrogen and oxygen atoms in total. The van der Waals surface area contributed by atoms with Crippen LogP contribution in [0.4, 0.5) is 0 Å². The summed E-state index contributed by atoms with van der Waals surface area (Å²) in [6.45, 7) is 3.93. The first-order chi connectivity index (χ1) is 8.18. The Morgan fingerprint density at radius 2 is 1.88 bits per heavy atom. The summed E-state index contributed by atoms with van der Waals surface area (Å²) in [5, 5.41) is 9.80. The normalized spacial score (nSPS) is 10.5. The molecule has 0 saturated carbocycles. The Labute approximate surface area is 101 Å². The molecule has 1 heterocycles. The Morgan fingerprint density at radius 1 is 1.12 bits per heavy atom. The summed E-state index contributed by atoms with van der Waals surface area (Å²) in [5.41, 5.74) is 1.35. The lowest BCUT2D eigenvalue weighted by molar-refractivity contribution is 0.243. The minimum absolute atomic E-state index is 0.0852. The van der Waals surface area contributed by atoms with E-state index >= 15 is 0 Å². The van der Waals surface area contributed by atoms with Crippen LogP contribution in [-0.2, 0) is 0 Å². The average Bonchev–Trinajstić information content (AvgIpc) is 2.30. The predicted molar refractivity (Wildman–Crippen MR) is 67.1 cm³/mol. The Hall–Kier alpha value is -2.03. The van der Waals surface area contributed by atoms with E-state index in [2.05, 4.69) is 4.98 Å². The molecule has 0 saturated heterocycles. The first-order valence-corrected chi connectivity index (χ1v) is 5.58. The van der Waals surface area contributed by atoms with Gasteiger partial charge in [-0.15, -0.1) is 0 Å². The second-order valence-electron chi connectivity index (χ2n) is 4.03. The zero-order valence-corrected chi connectivity index (χ0v) is 9.92. The summed E-state index contributed by atoms with van der Waals surface area (Å²) in [6, 6.07) is 10.9. The summed E-state index contributed by atoms with van der Waals surface area (Å²) in [4.78, 5) is 4.19. The minimum Gasteiger partial charge on any atom is -0.506 e. The van der Waals surface area contributed by atoms with Gasteiger partial charge in [-0.2, -0.15) is 0 Å². The molecule has 0 aliphatic carbocycles. The molecule has 2 rings (SSSR count). The molecule has 0 atom stereocenters. The highest BCUT2D eigenvalue weighted by molar-refractivity contribution is 5.71. The standard InChI is InChI=1S/C14H15NO2/c1-10(2)17-13-8-4-3-6-11(13)14-12(16)7-5-9-15-14/h3-10,16H,1-2H3. The highest BCUT2D eigenvalue weighted by Gasteiger charge is 2.11. The van der Waals surface area contributed by atoms with Crippen LogP contribution in [0.5, 0.6) is 11.5 Å². The Kier molecular flexibility index (Phi) is 3.28. The highest BCUT2D eigenvalue weighted by atomic mass is 16.5. The van der Waals surface area contributed by atoms with Gasteiger partial charge in [0.05, 0.1) is 6.10 Å². The summed E-state index contributed by atoms with van der Waals surface area (Å²) >= 11 is 0. The molecule has 1 aromatic heterocycles. The molecule has 17 heavy (non-hydrogen) atoms. The maximum Gasteiger partial charge on any atom is 0.141 e. The van der Waals surface area contributed by atoms with Crippen LogP contribution in [-0.4, -0.2) is 16.2 Å². The Morgan fingerprint density at radius 3 is 2.59 bits per heavy atom. The van der Waals surface area contributed by atoms with Crippen LogP contribution in [0.1, 0.15) is 13.8 Å². The number of aromatic nitrogens is 1. The van der Waals surface area contributed by atoms with Gasteiger partial charge in [-0.05, 0) is 38.1 Å². The Bertz CT molecular complexity index is 509. The first-order valence-electron chi connectivity index (χ1n) is 5.58. The third-order valence-corrected chi connectivity index (χ3v) is 2.29. The van der Waals surface area contributed by atoms with Crippen LogP contribution in [0.3, 0.4) is 0 Å². The van der Waals surface area contributed by atoms with Crippen LogP contribution >= 0.6 is 0 Å². The summed E-state index contributed by atoms with van der Waals surface area (Å²) in [6.07, 6.45) is 1.74. The SMILES string of the molecule is CC(C)Oc1ccccc1-c1ncccc1O. The third-order valence-electron chi connectivity index (χ3n) is 2.29. The van der Waals surface area contributed by atoms with E-state index in [4.69, 9.17) is 4.74 Å². The van der Waals surface area contributed by atoms with Crippen molar-refractivity contribution in [2.75, 3.05) is 0 Å². The zero-order valence-electron chi connectivity index (χ0n) is 9.92. The lowest BCUT2D eigenvalue weighted by Crippen LogP contribution is -2.06. The molecule has 0 radical (unpaired) electrons. The van der Waals surface area contributed by atoms with Crippen LogP contribution in [0, 0.1) is 0 Å². The van der Waals surface area contributed by atoms with Crippen molar-refractivity contribution in [2.45, 2.75) is 20.0 Å². The lowest BCUT2D eigenvalue weighted by Gasteiger charge is -2.14. The topological polar surface area (TPSA) is 42.4 Å². The number of para-hydroxylation sites is 1. The van der Waals surface area contributed by atoms with E-state index in [0.29, 0.717) is 5.69 Å². The smallest absolute Gasteiger partial charge is 0.141 e. The molecule has 0 spiro atoms. The highest BCUT2D eigenvalue weighted by Crippen LogP contribution is 2.33. The van der Waals surface area contributed by atoms with Crippen LogP contribution in [0.2, 0.25) is 0 Å². The average molecular weight is 229 g/mol. The Balaban J connectivity index is 2.48. The molecule has 2 aromatic rings. The van der Waals surface area contributed by atoms with Crippen molar-refractivity contribution in [3.63, 3.8) is 0 Å². The molecule has 0 aliphatic rings. The van der Waals surface area contributed by atoms with Gasteiger partial charge in [0, 0.05) is 11.8 Å². The van der Waals surface area contributed by atoms with Crippen molar-refractivity contribution in [3.8, 4) is 22.8 Å². The van der Waals surface area contributed by atoms with Crippen molar-refractivity contribution in [2.24, 2.45) is 0 Å². The van der Waals surface area contributed by atoms with Crippen molar-refractivity contribution < 1.29 is 9.84 Å². The maximum atomic E-state index is 9.80. The monoisotopic (exact) mass is 229 g/mol. The van der Waals surface area contributed by atoms with Crippen LogP contribution < -0.4 is 4.74 Å². The van der Waals surface area contributed by atoms with E-state index in [1.165, 1.54) is 0 Å². The van der Waals surface area contributed by atoms with Gasteiger partial charge in [0.2, 0.25) is 0 Å². The number of nitrogens with zero attached hydrogens (tertiary/aromatic N) is 1. The van der Waals surface area contributed by atoms with Crippen molar-refractivity contribution in [1.82, 2.24) is 4.98 Å². The number of ether oxygens (including phenoxy) is 1. The van der Waals surface area contributed by atoms with Gasteiger partial charge >= 0.3 is 0 Å². The summed E-state index contributed by atoms with van der Waals surface area (Å²) < 4.78 is 5.70. The molecule has 1 N–H and O–H groups in total. The molecular weight excluding hydrogens is 214 g/mol. The maximum absolute atomic E-state index is 9.80. The molecule has 88 valence electrons. The van der Waals surface area contributed by atoms with E-state index in [1.54, 1.807) is 18.3 Å². The molecule has 1 aromatic carbocycles.